The van der Waals surface area contributed by atoms with E-state index in [1.54, 1.807) is 11.3 Å². The van der Waals surface area contributed by atoms with Crippen LogP contribution in [0.1, 0.15) is 24.8 Å². The summed E-state index contributed by atoms with van der Waals surface area (Å²) in [6.07, 6.45) is 1.82. The first-order chi connectivity index (χ1) is 9.19. The molecule has 2 aromatic rings. The minimum Gasteiger partial charge on any atom is -0.370 e. The first kappa shape index (κ1) is 13.5. The molecule has 2 heterocycles. The van der Waals surface area contributed by atoms with Crippen LogP contribution in [0.3, 0.4) is 0 Å². The van der Waals surface area contributed by atoms with Gasteiger partial charge in [-0.05, 0) is 6.92 Å². The number of anilines is 3. The van der Waals surface area contributed by atoms with Crippen molar-refractivity contribution in [3.63, 3.8) is 0 Å². The number of aromatic nitrogens is 3. The third kappa shape index (κ3) is 3.78. The molecule has 0 amide bonds. The molecular weight excluding hydrogens is 260 g/mol. The van der Waals surface area contributed by atoms with Gasteiger partial charge in [0, 0.05) is 36.7 Å². The van der Waals surface area contributed by atoms with Gasteiger partial charge in [-0.25, -0.2) is 4.98 Å². The molecule has 0 spiro atoms. The predicted molar refractivity (Wildman–Crippen MR) is 79.6 cm³/mol. The quantitative estimate of drug-likeness (QED) is 0.750. The molecule has 19 heavy (non-hydrogen) atoms. The van der Waals surface area contributed by atoms with Crippen molar-refractivity contribution < 1.29 is 0 Å². The lowest BCUT2D eigenvalue weighted by Crippen LogP contribution is -2.12. The van der Waals surface area contributed by atoms with E-state index < -0.39 is 0 Å². The minimum atomic E-state index is 0.267. The van der Waals surface area contributed by atoms with E-state index in [2.05, 4.69) is 32.5 Å². The highest BCUT2D eigenvalue weighted by atomic mass is 32.1. The normalized spacial score (nSPS) is 12.1. The SMILES string of the molecule is CCNc1cc(NCC(C)c2nccs2)nc(N)n1. The maximum absolute atomic E-state index is 5.68. The second kappa shape index (κ2) is 6.33. The molecule has 0 saturated heterocycles. The van der Waals surface area contributed by atoms with Crippen LogP contribution in [0.4, 0.5) is 17.6 Å². The van der Waals surface area contributed by atoms with Crippen LogP contribution < -0.4 is 16.4 Å². The third-order valence-electron chi connectivity index (χ3n) is 2.56. The van der Waals surface area contributed by atoms with E-state index in [1.807, 2.05) is 24.6 Å². The van der Waals surface area contributed by atoms with E-state index in [9.17, 15) is 0 Å². The van der Waals surface area contributed by atoms with Gasteiger partial charge in [0.2, 0.25) is 5.95 Å². The fraction of sp³-hybridized carbons (Fsp3) is 0.417. The molecule has 0 aromatic carbocycles. The highest BCUT2D eigenvalue weighted by Crippen LogP contribution is 2.19. The van der Waals surface area contributed by atoms with Crippen molar-refractivity contribution in [3.05, 3.63) is 22.7 Å². The molecule has 0 aliphatic rings. The Morgan fingerprint density at radius 3 is 2.68 bits per heavy atom. The van der Waals surface area contributed by atoms with Crippen LogP contribution in [0.15, 0.2) is 17.6 Å². The lowest BCUT2D eigenvalue weighted by atomic mass is 10.2. The summed E-state index contributed by atoms with van der Waals surface area (Å²) in [5.74, 6) is 2.06. The van der Waals surface area contributed by atoms with Crippen LogP contribution in [0.25, 0.3) is 0 Å². The Labute approximate surface area is 116 Å². The molecule has 1 atom stereocenters. The van der Waals surface area contributed by atoms with Crippen LogP contribution in [-0.4, -0.2) is 28.0 Å². The van der Waals surface area contributed by atoms with Crippen molar-refractivity contribution >= 4 is 28.9 Å². The largest absolute Gasteiger partial charge is 0.370 e. The van der Waals surface area contributed by atoms with Gasteiger partial charge in [-0.1, -0.05) is 6.92 Å². The Bertz CT molecular complexity index is 513. The van der Waals surface area contributed by atoms with E-state index in [4.69, 9.17) is 5.73 Å². The fourth-order valence-electron chi connectivity index (χ4n) is 1.65. The first-order valence-corrected chi connectivity index (χ1v) is 7.08. The van der Waals surface area contributed by atoms with Gasteiger partial charge >= 0.3 is 0 Å². The second-order valence-electron chi connectivity index (χ2n) is 4.18. The van der Waals surface area contributed by atoms with E-state index in [0.717, 1.165) is 29.7 Å². The summed E-state index contributed by atoms with van der Waals surface area (Å²) in [5, 5.41) is 9.49. The monoisotopic (exact) mass is 278 g/mol. The Hall–Kier alpha value is -1.89. The molecule has 0 aliphatic heterocycles. The topological polar surface area (TPSA) is 88.8 Å². The van der Waals surface area contributed by atoms with Crippen LogP contribution in [0.5, 0.6) is 0 Å². The molecule has 1 unspecified atom stereocenters. The van der Waals surface area contributed by atoms with E-state index in [0.29, 0.717) is 5.92 Å². The summed E-state index contributed by atoms with van der Waals surface area (Å²) in [5.41, 5.74) is 5.68. The summed E-state index contributed by atoms with van der Waals surface area (Å²) in [4.78, 5) is 12.6. The number of thiazole rings is 1. The number of nitrogens with zero attached hydrogens (tertiary/aromatic N) is 3. The summed E-state index contributed by atoms with van der Waals surface area (Å²) in [6.45, 7) is 5.69. The number of nitrogens with two attached hydrogens (primary N) is 1. The molecule has 0 fully saturated rings. The molecule has 0 saturated carbocycles. The summed E-state index contributed by atoms with van der Waals surface area (Å²) < 4.78 is 0. The minimum absolute atomic E-state index is 0.267. The van der Waals surface area contributed by atoms with Crippen molar-refractivity contribution in [1.29, 1.82) is 0 Å². The van der Waals surface area contributed by atoms with Crippen molar-refractivity contribution in [2.45, 2.75) is 19.8 Å². The molecule has 2 rings (SSSR count). The molecule has 102 valence electrons. The number of rotatable bonds is 6. The maximum atomic E-state index is 5.68. The zero-order chi connectivity index (χ0) is 13.7. The lowest BCUT2D eigenvalue weighted by Gasteiger charge is -2.12. The molecular formula is C12H18N6S. The van der Waals surface area contributed by atoms with Gasteiger partial charge in [0.05, 0.1) is 5.01 Å². The first-order valence-electron chi connectivity index (χ1n) is 6.20. The molecule has 4 N–H and O–H groups in total. The van der Waals surface area contributed by atoms with Crippen molar-refractivity contribution in [2.75, 3.05) is 29.5 Å². The summed E-state index contributed by atoms with van der Waals surface area (Å²) in [6, 6.07) is 1.86. The maximum Gasteiger partial charge on any atom is 0.223 e. The molecule has 0 bridgehead atoms. The number of hydrogen-bond donors (Lipinski definition) is 3. The van der Waals surface area contributed by atoms with Gasteiger partial charge in [-0.2, -0.15) is 9.97 Å². The standard InChI is InChI=1S/C12H18N6S/c1-3-14-9-6-10(18-12(13)17-9)16-7-8(2)11-15-4-5-19-11/h4-6,8H,3,7H2,1-2H3,(H4,13,14,16,17,18). The van der Waals surface area contributed by atoms with E-state index in [-0.39, 0.29) is 5.95 Å². The summed E-state index contributed by atoms with van der Waals surface area (Å²) in [7, 11) is 0. The lowest BCUT2D eigenvalue weighted by molar-refractivity contribution is 0.791. The van der Waals surface area contributed by atoms with Crippen molar-refractivity contribution in [1.82, 2.24) is 15.0 Å². The Balaban J connectivity index is 1.99. The molecule has 2 aromatic heterocycles. The highest BCUT2D eigenvalue weighted by molar-refractivity contribution is 7.09. The number of hydrogen-bond acceptors (Lipinski definition) is 7. The molecule has 0 radical (unpaired) electrons. The third-order valence-corrected chi connectivity index (χ3v) is 3.57. The second-order valence-corrected chi connectivity index (χ2v) is 5.11. The van der Waals surface area contributed by atoms with Gasteiger partial charge in [0.25, 0.3) is 0 Å². The molecule has 0 aliphatic carbocycles. The van der Waals surface area contributed by atoms with Crippen LogP contribution in [-0.2, 0) is 0 Å². The van der Waals surface area contributed by atoms with Crippen LogP contribution in [0, 0.1) is 0 Å². The van der Waals surface area contributed by atoms with Gasteiger partial charge < -0.3 is 16.4 Å². The van der Waals surface area contributed by atoms with Crippen molar-refractivity contribution in [3.8, 4) is 0 Å². The number of nitrogens with one attached hydrogen (secondary N) is 2. The smallest absolute Gasteiger partial charge is 0.223 e. The molecule has 7 heteroatoms. The predicted octanol–water partition coefficient (Wildman–Crippen LogP) is 2.16. The fourth-order valence-corrected chi connectivity index (χ4v) is 2.35. The zero-order valence-electron chi connectivity index (χ0n) is 11.1. The van der Waals surface area contributed by atoms with Gasteiger partial charge in [-0.15, -0.1) is 11.3 Å². The average molecular weight is 278 g/mol. The van der Waals surface area contributed by atoms with Gasteiger partial charge in [-0.3, -0.25) is 0 Å². The highest BCUT2D eigenvalue weighted by Gasteiger charge is 2.09. The zero-order valence-corrected chi connectivity index (χ0v) is 11.9. The average Bonchev–Trinajstić information content (AvgIpc) is 2.89. The Kier molecular flexibility index (Phi) is 4.51. The van der Waals surface area contributed by atoms with E-state index in [1.165, 1.54) is 0 Å². The van der Waals surface area contributed by atoms with Crippen molar-refractivity contribution in [2.24, 2.45) is 0 Å². The van der Waals surface area contributed by atoms with Gasteiger partial charge in [0.1, 0.15) is 11.6 Å². The Morgan fingerprint density at radius 2 is 2.05 bits per heavy atom. The molecule has 6 nitrogen and oxygen atoms in total. The van der Waals surface area contributed by atoms with E-state index >= 15 is 0 Å². The van der Waals surface area contributed by atoms with Crippen LogP contribution in [0.2, 0.25) is 0 Å². The summed E-state index contributed by atoms with van der Waals surface area (Å²) >= 11 is 1.66. The Morgan fingerprint density at radius 1 is 1.32 bits per heavy atom. The van der Waals surface area contributed by atoms with Crippen LogP contribution >= 0.6 is 11.3 Å². The number of nitrogen functional groups attached to an aromatic ring is 1. The van der Waals surface area contributed by atoms with Gasteiger partial charge in [0.15, 0.2) is 0 Å².